The lowest BCUT2D eigenvalue weighted by molar-refractivity contribution is 0.0498. The van der Waals surface area contributed by atoms with Crippen molar-refractivity contribution in [2.45, 2.75) is 26.2 Å². The molecule has 0 spiro atoms. The maximum Gasteiger partial charge on any atom is 0.338 e. The van der Waals surface area contributed by atoms with E-state index in [2.05, 4.69) is 29.5 Å². The van der Waals surface area contributed by atoms with Crippen LogP contribution in [0.2, 0.25) is 0 Å². The predicted molar refractivity (Wildman–Crippen MR) is 69.0 cm³/mol. The van der Waals surface area contributed by atoms with E-state index in [0.717, 1.165) is 22.8 Å². The maximum atomic E-state index is 11.5. The smallest absolute Gasteiger partial charge is 0.338 e. The molecule has 0 aliphatic carbocycles. The van der Waals surface area contributed by atoms with Crippen molar-refractivity contribution in [3.63, 3.8) is 0 Å². The molecule has 0 saturated heterocycles. The van der Waals surface area contributed by atoms with Crippen LogP contribution in [-0.4, -0.2) is 12.6 Å². The second-order valence-corrected chi connectivity index (χ2v) is 4.60. The largest absolute Gasteiger partial charge is 0.462 e. The Kier molecular flexibility index (Phi) is 5.68. The SMILES string of the molecule is CCCCCOC(=O)c1ccc(I)cc1. The predicted octanol–water partition coefficient (Wildman–Crippen LogP) is 3.64. The molecule has 0 atom stereocenters. The number of carbonyl (C=O) groups is 1. The fourth-order valence-corrected chi connectivity index (χ4v) is 1.55. The summed E-state index contributed by atoms with van der Waals surface area (Å²) in [6, 6.07) is 7.40. The monoisotopic (exact) mass is 318 g/mol. The van der Waals surface area contributed by atoms with Gasteiger partial charge in [-0.05, 0) is 53.3 Å². The van der Waals surface area contributed by atoms with E-state index in [1.54, 1.807) is 12.1 Å². The lowest BCUT2D eigenvalue weighted by Crippen LogP contribution is -2.06. The Balaban J connectivity index is 2.37. The summed E-state index contributed by atoms with van der Waals surface area (Å²) in [5.41, 5.74) is 0.631. The minimum Gasteiger partial charge on any atom is -0.462 e. The van der Waals surface area contributed by atoms with E-state index in [-0.39, 0.29) is 5.97 Å². The van der Waals surface area contributed by atoms with Crippen LogP contribution in [0, 0.1) is 3.57 Å². The second-order valence-electron chi connectivity index (χ2n) is 3.35. The molecular weight excluding hydrogens is 303 g/mol. The van der Waals surface area contributed by atoms with E-state index in [1.807, 2.05) is 12.1 Å². The van der Waals surface area contributed by atoms with Crippen molar-refractivity contribution >= 4 is 28.6 Å². The van der Waals surface area contributed by atoms with Crippen molar-refractivity contribution in [2.75, 3.05) is 6.61 Å². The molecular formula is C12H15IO2. The van der Waals surface area contributed by atoms with E-state index in [1.165, 1.54) is 0 Å². The Hall–Kier alpha value is -0.580. The van der Waals surface area contributed by atoms with Gasteiger partial charge in [0.15, 0.2) is 0 Å². The van der Waals surface area contributed by atoms with E-state index in [9.17, 15) is 4.79 Å². The van der Waals surface area contributed by atoms with E-state index >= 15 is 0 Å². The zero-order valence-electron chi connectivity index (χ0n) is 8.83. The Morgan fingerprint density at radius 1 is 1.27 bits per heavy atom. The van der Waals surface area contributed by atoms with Gasteiger partial charge in [-0.15, -0.1) is 0 Å². The van der Waals surface area contributed by atoms with Gasteiger partial charge in [-0.2, -0.15) is 0 Å². The van der Waals surface area contributed by atoms with Crippen molar-refractivity contribution in [1.82, 2.24) is 0 Å². The van der Waals surface area contributed by atoms with Gasteiger partial charge in [-0.1, -0.05) is 19.8 Å². The summed E-state index contributed by atoms with van der Waals surface area (Å²) < 4.78 is 6.25. The third kappa shape index (κ3) is 4.64. The summed E-state index contributed by atoms with van der Waals surface area (Å²) >= 11 is 2.21. The fourth-order valence-electron chi connectivity index (χ4n) is 1.19. The zero-order chi connectivity index (χ0) is 11.1. The van der Waals surface area contributed by atoms with Crippen molar-refractivity contribution in [3.8, 4) is 0 Å². The molecule has 15 heavy (non-hydrogen) atoms. The Labute approximate surface area is 104 Å². The highest BCUT2D eigenvalue weighted by Gasteiger charge is 2.05. The van der Waals surface area contributed by atoms with Crippen LogP contribution < -0.4 is 0 Å². The molecule has 0 saturated carbocycles. The highest BCUT2D eigenvalue weighted by atomic mass is 127. The minimum atomic E-state index is -0.220. The van der Waals surface area contributed by atoms with Gasteiger partial charge in [0.05, 0.1) is 12.2 Å². The first kappa shape index (κ1) is 12.5. The first-order valence-electron chi connectivity index (χ1n) is 5.16. The van der Waals surface area contributed by atoms with Crippen LogP contribution in [0.1, 0.15) is 36.5 Å². The molecule has 0 heterocycles. The minimum absolute atomic E-state index is 0.220. The molecule has 0 aliphatic rings. The van der Waals surface area contributed by atoms with Crippen LogP contribution in [0.15, 0.2) is 24.3 Å². The van der Waals surface area contributed by atoms with Crippen molar-refractivity contribution < 1.29 is 9.53 Å². The third-order valence-corrected chi connectivity index (χ3v) is 2.78. The van der Waals surface area contributed by atoms with Crippen LogP contribution in [0.3, 0.4) is 0 Å². The van der Waals surface area contributed by atoms with Gasteiger partial charge in [0.1, 0.15) is 0 Å². The van der Waals surface area contributed by atoms with Crippen LogP contribution in [0.5, 0.6) is 0 Å². The van der Waals surface area contributed by atoms with Crippen LogP contribution in [0.4, 0.5) is 0 Å². The average Bonchev–Trinajstić information content (AvgIpc) is 2.25. The Morgan fingerprint density at radius 3 is 2.53 bits per heavy atom. The molecule has 0 amide bonds. The van der Waals surface area contributed by atoms with Crippen LogP contribution in [-0.2, 0) is 4.74 Å². The number of benzene rings is 1. The number of rotatable bonds is 5. The normalized spacial score (nSPS) is 10.0. The van der Waals surface area contributed by atoms with Gasteiger partial charge in [-0.25, -0.2) is 4.79 Å². The Bertz CT molecular complexity index is 306. The summed E-state index contributed by atoms with van der Waals surface area (Å²) in [7, 11) is 0. The molecule has 0 fully saturated rings. The lowest BCUT2D eigenvalue weighted by atomic mass is 10.2. The standard InChI is InChI=1S/C12H15IO2/c1-2-3-4-9-15-12(14)10-5-7-11(13)8-6-10/h5-8H,2-4,9H2,1H3. The van der Waals surface area contributed by atoms with Gasteiger partial charge >= 0.3 is 5.97 Å². The van der Waals surface area contributed by atoms with Crippen LogP contribution >= 0.6 is 22.6 Å². The van der Waals surface area contributed by atoms with Gasteiger partial charge in [-0.3, -0.25) is 0 Å². The average molecular weight is 318 g/mol. The van der Waals surface area contributed by atoms with E-state index < -0.39 is 0 Å². The molecule has 1 aromatic carbocycles. The molecule has 0 aliphatic heterocycles. The first-order chi connectivity index (χ1) is 7.24. The van der Waals surface area contributed by atoms with E-state index in [0.29, 0.717) is 12.2 Å². The van der Waals surface area contributed by atoms with Gasteiger partial charge in [0, 0.05) is 3.57 Å². The third-order valence-electron chi connectivity index (χ3n) is 2.06. The number of carbonyl (C=O) groups excluding carboxylic acids is 1. The number of unbranched alkanes of at least 4 members (excludes halogenated alkanes) is 2. The molecule has 0 radical (unpaired) electrons. The second kappa shape index (κ2) is 6.82. The molecule has 2 nitrogen and oxygen atoms in total. The highest BCUT2D eigenvalue weighted by Crippen LogP contribution is 2.08. The fraction of sp³-hybridized carbons (Fsp3) is 0.417. The van der Waals surface area contributed by atoms with Crippen molar-refractivity contribution in [2.24, 2.45) is 0 Å². The zero-order valence-corrected chi connectivity index (χ0v) is 11.0. The highest BCUT2D eigenvalue weighted by molar-refractivity contribution is 14.1. The molecule has 82 valence electrons. The molecule has 1 rings (SSSR count). The molecule has 0 aromatic heterocycles. The summed E-state index contributed by atoms with van der Waals surface area (Å²) in [4.78, 5) is 11.5. The summed E-state index contributed by atoms with van der Waals surface area (Å²) in [6.07, 6.45) is 3.20. The van der Waals surface area contributed by atoms with Gasteiger partial charge in [0.2, 0.25) is 0 Å². The summed E-state index contributed by atoms with van der Waals surface area (Å²) in [5, 5.41) is 0. The summed E-state index contributed by atoms with van der Waals surface area (Å²) in [6.45, 7) is 2.65. The summed E-state index contributed by atoms with van der Waals surface area (Å²) in [5.74, 6) is -0.220. The molecule has 1 aromatic rings. The Morgan fingerprint density at radius 2 is 1.93 bits per heavy atom. The first-order valence-corrected chi connectivity index (χ1v) is 6.24. The number of ether oxygens (including phenoxy) is 1. The quantitative estimate of drug-likeness (QED) is 0.471. The van der Waals surface area contributed by atoms with Crippen molar-refractivity contribution in [1.29, 1.82) is 0 Å². The number of hydrogen-bond donors (Lipinski definition) is 0. The van der Waals surface area contributed by atoms with Crippen LogP contribution in [0.25, 0.3) is 0 Å². The molecule has 0 bridgehead atoms. The maximum absolute atomic E-state index is 11.5. The molecule has 0 N–H and O–H groups in total. The van der Waals surface area contributed by atoms with Gasteiger partial charge < -0.3 is 4.74 Å². The van der Waals surface area contributed by atoms with Crippen molar-refractivity contribution in [3.05, 3.63) is 33.4 Å². The topological polar surface area (TPSA) is 26.3 Å². The molecule has 0 unspecified atom stereocenters. The lowest BCUT2D eigenvalue weighted by Gasteiger charge is -2.03. The van der Waals surface area contributed by atoms with E-state index in [4.69, 9.17) is 4.74 Å². The number of esters is 1. The van der Waals surface area contributed by atoms with Gasteiger partial charge in [0.25, 0.3) is 0 Å². The number of halogens is 1. The number of hydrogen-bond acceptors (Lipinski definition) is 2. The molecule has 3 heteroatoms.